The van der Waals surface area contributed by atoms with Crippen molar-refractivity contribution < 1.29 is 26.7 Å². The maximum absolute atomic E-state index is 11.4. The van der Waals surface area contributed by atoms with Gasteiger partial charge in [-0.3, -0.25) is 4.79 Å². The van der Waals surface area contributed by atoms with Gasteiger partial charge in [-0.2, -0.15) is 22.0 Å². The van der Waals surface area contributed by atoms with Crippen molar-refractivity contribution in [1.29, 1.82) is 0 Å². The van der Waals surface area contributed by atoms with Crippen LogP contribution in [0.4, 0.5) is 22.0 Å². The molecule has 0 saturated heterocycles. The molecule has 0 atom stereocenters. The lowest BCUT2D eigenvalue weighted by molar-refractivity contribution is -0.139. The Kier molecular flexibility index (Phi) is 3.91. The summed E-state index contributed by atoms with van der Waals surface area (Å²) < 4.78 is 56.8. The van der Waals surface area contributed by atoms with Crippen LogP contribution in [-0.4, -0.2) is 25.1 Å². The molecule has 0 aromatic carbocycles. The van der Waals surface area contributed by atoms with Gasteiger partial charge >= 0.3 is 12.6 Å². The first-order chi connectivity index (χ1) is 5.33. The Morgan fingerprint density at radius 3 is 2.17 bits per heavy atom. The molecule has 0 saturated carbocycles. The Balaban J connectivity index is 3.51. The van der Waals surface area contributed by atoms with Crippen molar-refractivity contribution in [2.45, 2.75) is 19.0 Å². The molecule has 12 heavy (non-hydrogen) atoms. The summed E-state index contributed by atoms with van der Waals surface area (Å²) >= 11 is 0. The quantitative estimate of drug-likeness (QED) is 0.669. The third-order valence-electron chi connectivity index (χ3n) is 0.906. The number of carbonyl (C=O) groups is 1. The van der Waals surface area contributed by atoms with Crippen molar-refractivity contribution in [2.75, 3.05) is 6.54 Å². The van der Waals surface area contributed by atoms with Gasteiger partial charge in [-0.25, -0.2) is 0 Å². The van der Waals surface area contributed by atoms with E-state index in [1.54, 1.807) is 0 Å². The first-order valence-corrected chi connectivity index (χ1v) is 2.95. The second-order valence-electron chi connectivity index (χ2n) is 1.96. The van der Waals surface area contributed by atoms with E-state index in [1.807, 2.05) is 0 Å². The van der Waals surface area contributed by atoms with Crippen LogP contribution >= 0.6 is 0 Å². The second-order valence-corrected chi connectivity index (χ2v) is 1.96. The molecule has 0 heterocycles. The zero-order chi connectivity index (χ0) is 9.78. The topological polar surface area (TPSA) is 29.1 Å². The predicted molar refractivity (Wildman–Crippen MR) is 29.7 cm³/mol. The number of hydrogen-bond acceptors (Lipinski definition) is 1. The normalized spacial score (nSPS) is 11.8. The van der Waals surface area contributed by atoms with Crippen LogP contribution in [0.5, 0.6) is 0 Å². The Hall–Kier alpha value is -0.880. The summed E-state index contributed by atoms with van der Waals surface area (Å²) in [4.78, 5) is 10.0. The molecular formula is C5H6F5NO. The van der Waals surface area contributed by atoms with E-state index < -0.39 is 31.5 Å². The van der Waals surface area contributed by atoms with Crippen molar-refractivity contribution in [2.24, 2.45) is 0 Å². The van der Waals surface area contributed by atoms with E-state index in [0.717, 1.165) is 0 Å². The lowest BCUT2D eigenvalue weighted by Crippen LogP contribution is -2.32. The molecule has 1 N–H and O–H groups in total. The summed E-state index contributed by atoms with van der Waals surface area (Å²) in [6, 6.07) is 0. The number of carbonyl (C=O) groups excluding carboxylic acids is 1. The van der Waals surface area contributed by atoms with Crippen LogP contribution in [0, 0.1) is 0 Å². The van der Waals surface area contributed by atoms with Gasteiger partial charge in [-0.15, -0.1) is 0 Å². The summed E-state index contributed by atoms with van der Waals surface area (Å²) in [5.74, 6) is -1.68. The van der Waals surface area contributed by atoms with E-state index in [2.05, 4.69) is 0 Å². The van der Waals surface area contributed by atoms with Gasteiger partial charge in [0.2, 0.25) is 0 Å². The van der Waals surface area contributed by atoms with E-state index in [-0.39, 0.29) is 0 Å². The monoisotopic (exact) mass is 191 g/mol. The maximum atomic E-state index is 11.4. The van der Waals surface area contributed by atoms with Crippen LogP contribution in [0.1, 0.15) is 6.42 Å². The van der Waals surface area contributed by atoms with Crippen LogP contribution in [0.2, 0.25) is 0 Å². The lowest BCUT2D eigenvalue weighted by Gasteiger charge is -2.06. The molecule has 0 aliphatic carbocycles. The highest BCUT2D eigenvalue weighted by Crippen LogP contribution is 2.18. The Morgan fingerprint density at radius 1 is 1.33 bits per heavy atom. The van der Waals surface area contributed by atoms with Gasteiger partial charge in [0.25, 0.3) is 5.91 Å². The fraction of sp³-hybridized carbons (Fsp3) is 0.800. The average Bonchev–Trinajstić information content (AvgIpc) is 1.84. The van der Waals surface area contributed by atoms with Crippen LogP contribution in [0.15, 0.2) is 0 Å². The highest BCUT2D eigenvalue weighted by Gasteiger charge is 2.27. The highest BCUT2D eigenvalue weighted by atomic mass is 19.4. The third-order valence-corrected chi connectivity index (χ3v) is 0.906. The number of rotatable bonds is 3. The summed E-state index contributed by atoms with van der Waals surface area (Å²) in [7, 11) is 0. The van der Waals surface area contributed by atoms with Crippen molar-refractivity contribution in [3.63, 3.8) is 0 Å². The molecule has 0 radical (unpaired) electrons. The standard InChI is InChI=1S/C5H6F5NO/c6-3(7)4(12)11-2-1-5(8,9)10/h3H,1-2H2,(H,11,12). The lowest BCUT2D eigenvalue weighted by atomic mass is 10.4. The molecule has 72 valence electrons. The summed E-state index contributed by atoms with van der Waals surface area (Å²) in [5, 5.41) is 1.43. The van der Waals surface area contributed by atoms with Gasteiger partial charge in [0.15, 0.2) is 0 Å². The summed E-state index contributed by atoms with van der Waals surface area (Å²) in [5.41, 5.74) is 0. The smallest absolute Gasteiger partial charge is 0.351 e. The minimum atomic E-state index is -4.44. The largest absolute Gasteiger partial charge is 0.390 e. The average molecular weight is 191 g/mol. The highest BCUT2D eigenvalue weighted by molar-refractivity contribution is 5.78. The maximum Gasteiger partial charge on any atom is 0.390 e. The van der Waals surface area contributed by atoms with Gasteiger partial charge in [-0.05, 0) is 0 Å². The van der Waals surface area contributed by atoms with Crippen LogP contribution < -0.4 is 5.32 Å². The molecular weight excluding hydrogens is 185 g/mol. The molecule has 0 fully saturated rings. The van der Waals surface area contributed by atoms with Crippen molar-refractivity contribution in [3.8, 4) is 0 Å². The molecule has 0 unspecified atom stereocenters. The van der Waals surface area contributed by atoms with Gasteiger partial charge in [0.05, 0.1) is 6.42 Å². The van der Waals surface area contributed by atoms with E-state index in [4.69, 9.17) is 0 Å². The van der Waals surface area contributed by atoms with E-state index >= 15 is 0 Å². The van der Waals surface area contributed by atoms with E-state index in [0.29, 0.717) is 0 Å². The third kappa shape index (κ3) is 5.87. The summed E-state index contributed by atoms with van der Waals surface area (Å²) in [6.45, 7) is -0.813. The molecule has 0 spiro atoms. The molecule has 2 nitrogen and oxygen atoms in total. The molecule has 0 aromatic rings. The molecule has 0 rings (SSSR count). The first kappa shape index (κ1) is 11.1. The first-order valence-electron chi connectivity index (χ1n) is 2.95. The molecule has 0 aliphatic rings. The Bertz CT molecular complexity index is 154. The number of alkyl halides is 5. The minimum Gasteiger partial charge on any atom is -0.351 e. The van der Waals surface area contributed by atoms with Crippen molar-refractivity contribution in [3.05, 3.63) is 0 Å². The minimum absolute atomic E-state index is 0.813. The van der Waals surface area contributed by atoms with Crippen molar-refractivity contribution in [1.82, 2.24) is 5.32 Å². The zero-order valence-corrected chi connectivity index (χ0v) is 5.79. The van der Waals surface area contributed by atoms with Gasteiger partial charge in [0.1, 0.15) is 0 Å². The van der Waals surface area contributed by atoms with Crippen LogP contribution in [-0.2, 0) is 4.79 Å². The van der Waals surface area contributed by atoms with Crippen molar-refractivity contribution >= 4 is 5.91 Å². The van der Waals surface area contributed by atoms with Gasteiger partial charge in [0, 0.05) is 6.54 Å². The molecule has 1 amide bonds. The van der Waals surface area contributed by atoms with E-state index in [9.17, 15) is 26.7 Å². The SMILES string of the molecule is O=C(NCCC(F)(F)F)C(F)F. The fourth-order valence-corrected chi connectivity index (χ4v) is 0.405. The molecule has 0 aromatic heterocycles. The molecule has 0 aliphatic heterocycles. The second kappa shape index (κ2) is 4.22. The zero-order valence-electron chi connectivity index (χ0n) is 5.79. The van der Waals surface area contributed by atoms with E-state index in [1.165, 1.54) is 5.32 Å². The summed E-state index contributed by atoms with van der Waals surface area (Å²) in [6.07, 6.45) is -9.00. The molecule has 0 bridgehead atoms. The fourth-order valence-electron chi connectivity index (χ4n) is 0.405. The molecule has 7 heteroatoms. The number of hydrogen-bond donors (Lipinski definition) is 1. The number of amides is 1. The number of nitrogens with one attached hydrogen (secondary N) is 1. The Morgan fingerprint density at radius 2 is 1.83 bits per heavy atom. The Labute approximate surface area is 64.7 Å². The number of halogens is 5. The van der Waals surface area contributed by atoms with Gasteiger partial charge in [-0.1, -0.05) is 0 Å². The van der Waals surface area contributed by atoms with Crippen LogP contribution in [0.3, 0.4) is 0 Å². The predicted octanol–water partition coefficient (Wildman–Crippen LogP) is 1.32. The van der Waals surface area contributed by atoms with Gasteiger partial charge < -0.3 is 5.32 Å². The van der Waals surface area contributed by atoms with Crippen LogP contribution in [0.25, 0.3) is 0 Å².